The van der Waals surface area contributed by atoms with Gasteiger partial charge in [-0.05, 0) is 49.5 Å². The van der Waals surface area contributed by atoms with Gasteiger partial charge in [-0.1, -0.05) is 30.3 Å². The number of nitrogens with zero attached hydrogens (tertiary/aromatic N) is 2. The highest BCUT2D eigenvalue weighted by Gasteiger charge is 2.44. The first-order valence-electron chi connectivity index (χ1n) is 9.30. The number of thiophene rings is 1. The van der Waals surface area contributed by atoms with Gasteiger partial charge in [-0.25, -0.2) is 0 Å². The van der Waals surface area contributed by atoms with Gasteiger partial charge in [0.1, 0.15) is 0 Å². The van der Waals surface area contributed by atoms with Crippen LogP contribution in [-0.2, 0) is 23.3 Å². The lowest BCUT2D eigenvalue weighted by molar-refractivity contribution is -0.143. The largest absolute Gasteiger partial charge is 0.365 e. The summed E-state index contributed by atoms with van der Waals surface area (Å²) in [5.41, 5.74) is 2.83. The van der Waals surface area contributed by atoms with E-state index in [1.165, 1.54) is 11.1 Å². The summed E-state index contributed by atoms with van der Waals surface area (Å²) in [6, 6.07) is 13.1. The van der Waals surface area contributed by atoms with Crippen LogP contribution in [0.5, 0.6) is 0 Å². The van der Waals surface area contributed by atoms with Crippen molar-refractivity contribution >= 4 is 11.3 Å². The van der Waals surface area contributed by atoms with E-state index in [0.717, 1.165) is 45.4 Å². The van der Waals surface area contributed by atoms with Crippen molar-refractivity contribution < 1.29 is 4.74 Å². The molecule has 0 unspecified atom stereocenters. The molecular formula is C21H28N2OS. The van der Waals surface area contributed by atoms with E-state index in [0.29, 0.717) is 6.10 Å². The summed E-state index contributed by atoms with van der Waals surface area (Å²) in [6.07, 6.45) is 3.60. The number of benzene rings is 1. The van der Waals surface area contributed by atoms with E-state index in [9.17, 15) is 0 Å². The maximum Gasteiger partial charge on any atom is 0.0970 e. The highest BCUT2D eigenvalue weighted by molar-refractivity contribution is 7.10. The number of piperidine rings is 1. The quantitative estimate of drug-likeness (QED) is 0.830. The third-order valence-electron chi connectivity index (χ3n) is 5.52. The van der Waals surface area contributed by atoms with Crippen LogP contribution in [0.1, 0.15) is 28.8 Å². The minimum atomic E-state index is -0.0541. The summed E-state index contributed by atoms with van der Waals surface area (Å²) < 4.78 is 6.75. The van der Waals surface area contributed by atoms with Crippen LogP contribution >= 0.6 is 11.3 Å². The molecule has 0 N–H and O–H groups in total. The first-order valence-corrected chi connectivity index (χ1v) is 10.2. The molecule has 2 aliphatic rings. The zero-order valence-corrected chi connectivity index (χ0v) is 16.1. The fourth-order valence-electron chi connectivity index (χ4n) is 4.35. The number of hydrogen-bond donors (Lipinski definition) is 0. The lowest BCUT2D eigenvalue weighted by Gasteiger charge is -2.47. The van der Waals surface area contributed by atoms with Crippen molar-refractivity contribution in [1.29, 1.82) is 0 Å². The molecule has 3 heterocycles. The van der Waals surface area contributed by atoms with Gasteiger partial charge >= 0.3 is 0 Å². The molecule has 1 aromatic heterocycles. The second-order valence-corrected chi connectivity index (χ2v) is 8.72. The highest BCUT2D eigenvalue weighted by atomic mass is 32.1. The summed E-state index contributed by atoms with van der Waals surface area (Å²) in [4.78, 5) is 6.38. The predicted octanol–water partition coefficient (Wildman–Crippen LogP) is 3.74. The van der Waals surface area contributed by atoms with E-state index in [-0.39, 0.29) is 5.60 Å². The third-order valence-corrected chi connectivity index (χ3v) is 6.47. The Morgan fingerprint density at radius 2 is 1.92 bits per heavy atom. The topological polar surface area (TPSA) is 15.7 Å². The molecule has 1 fully saturated rings. The predicted molar refractivity (Wildman–Crippen MR) is 104 cm³/mol. The molecule has 4 rings (SSSR count). The maximum absolute atomic E-state index is 6.75. The standard InChI is InChI=1S/C21H28N2OS/c1-22(2)16-18-14-20-19(8-13-25-20)21(24-18)9-11-23(12-10-21)15-17-6-4-3-5-7-17/h3-8,13,18H,9-12,14-16H2,1-2H3/t18-/m1/s1. The van der Waals surface area contributed by atoms with Crippen LogP contribution in [0.2, 0.25) is 0 Å². The van der Waals surface area contributed by atoms with Crippen molar-refractivity contribution in [3.63, 3.8) is 0 Å². The van der Waals surface area contributed by atoms with Gasteiger partial charge in [-0.2, -0.15) is 0 Å². The second kappa shape index (κ2) is 7.20. The van der Waals surface area contributed by atoms with Gasteiger partial charge < -0.3 is 9.64 Å². The van der Waals surface area contributed by atoms with Gasteiger partial charge in [0, 0.05) is 37.5 Å². The Labute approximate surface area is 155 Å². The molecule has 0 bridgehead atoms. The monoisotopic (exact) mass is 356 g/mol. The third kappa shape index (κ3) is 3.68. The molecule has 0 amide bonds. The first kappa shape index (κ1) is 17.2. The molecule has 0 saturated carbocycles. The molecule has 2 aromatic rings. The fraction of sp³-hybridized carbons (Fsp3) is 0.524. The number of likely N-dealkylation sites (tertiary alicyclic amines) is 1. The van der Waals surface area contributed by atoms with Crippen molar-refractivity contribution in [1.82, 2.24) is 9.80 Å². The van der Waals surface area contributed by atoms with E-state index in [2.05, 4.69) is 65.7 Å². The van der Waals surface area contributed by atoms with Crippen LogP contribution in [0.25, 0.3) is 0 Å². The molecule has 1 aromatic carbocycles. The number of rotatable bonds is 4. The molecule has 25 heavy (non-hydrogen) atoms. The number of likely N-dealkylation sites (N-methyl/N-ethyl adjacent to an activating group) is 1. The molecule has 0 aliphatic carbocycles. The zero-order valence-electron chi connectivity index (χ0n) is 15.3. The number of ether oxygens (including phenoxy) is 1. The van der Waals surface area contributed by atoms with E-state index < -0.39 is 0 Å². The SMILES string of the molecule is CN(C)C[C@H]1Cc2sccc2C2(CCN(Cc3ccccc3)CC2)O1. The van der Waals surface area contributed by atoms with Crippen LogP contribution in [0, 0.1) is 0 Å². The summed E-state index contributed by atoms with van der Waals surface area (Å²) in [5.74, 6) is 0. The van der Waals surface area contributed by atoms with Crippen LogP contribution in [-0.4, -0.2) is 49.6 Å². The summed E-state index contributed by atoms with van der Waals surface area (Å²) in [7, 11) is 4.28. The van der Waals surface area contributed by atoms with Crippen molar-refractivity contribution in [3.05, 3.63) is 57.8 Å². The van der Waals surface area contributed by atoms with Crippen molar-refractivity contribution in [3.8, 4) is 0 Å². The lowest BCUT2D eigenvalue weighted by atomic mass is 9.81. The zero-order chi connectivity index (χ0) is 17.3. The highest BCUT2D eigenvalue weighted by Crippen LogP contribution is 2.45. The van der Waals surface area contributed by atoms with Crippen molar-refractivity contribution in [2.24, 2.45) is 0 Å². The van der Waals surface area contributed by atoms with Crippen molar-refractivity contribution in [2.45, 2.75) is 37.5 Å². The molecule has 1 spiro atoms. The Kier molecular flexibility index (Phi) is 4.96. The van der Waals surface area contributed by atoms with E-state index in [1.807, 2.05) is 11.3 Å². The summed E-state index contributed by atoms with van der Waals surface area (Å²) >= 11 is 1.92. The molecule has 0 radical (unpaired) electrons. The Morgan fingerprint density at radius 3 is 2.64 bits per heavy atom. The van der Waals surface area contributed by atoms with E-state index >= 15 is 0 Å². The Balaban J connectivity index is 1.47. The van der Waals surface area contributed by atoms with Crippen LogP contribution in [0.4, 0.5) is 0 Å². The molecule has 3 nitrogen and oxygen atoms in total. The van der Waals surface area contributed by atoms with E-state index in [1.54, 1.807) is 4.88 Å². The lowest BCUT2D eigenvalue weighted by Crippen LogP contribution is -2.49. The molecular weight excluding hydrogens is 328 g/mol. The Bertz CT molecular complexity index is 689. The van der Waals surface area contributed by atoms with Gasteiger partial charge in [0.05, 0.1) is 11.7 Å². The van der Waals surface area contributed by atoms with Gasteiger partial charge in [-0.15, -0.1) is 11.3 Å². The fourth-order valence-corrected chi connectivity index (χ4v) is 5.38. The summed E-state index contributed by atoms with van der Waals surface area (Å²) in [6.45, 7) is 4.28. The normalized spacial score (nSPS) is 23.1. The average molecular weight is 357 g/mol. The average Bonchev–Trinajstić information content (AvgIpc) is 3.07. The van der Waals surface area contributed by atoms with Gasteiger partial charge in [0.25, 0.3) is 0 Å². The number of hydrogen-bond acceptors (Lipinski definition) is 4. The first-order chi connectivity index (χ1) is 12.1. The van der Waals surface area contributed by atoms with Gasteiger partial charge in [-0.3, -0.25) is 4.90 Å². The van der Waals surface area contributed by atoms with Gasteiger partial charge in [0.15, 0.2) is 0 Å². The Morgan fingerprint density at radius 1 is 1.16 bits per heavy atom. The number of fused-ring (bicyclic) bond motifs is 2. The van der Waals surface area contributed by atoms with E-state index in [4.69, 9.17) is 4.74 Å². The minimum absolute atomic E-state index is 0.0541. The molecule has 134 valence electrons. The van der Waals surface area contributed by atoms with Crippen LogP contribution in [0.15, 0.2) is 41.8 Å². The van der Waals surface area contributed by atoms with Crippen LogP contribution < -0.4 is 0 Å². The maximum atomic E-state index is 6.75. The smallest absolute Gasteiger partial charge is 0.0970 e. The molecule has 4 heteroatoms. The van der Waals surface area contributed by atoms with Crippen molar-refractivity contribution in [2.75, 3.05) is 33.7 Å². The van der Waals surface area contributed by atoms with Crippen LogP contribution in [0.3, 0.4) is 0 Å². The van der Waals surface area contributed by atoms with Gasteiger partial charge in [0.2, 0.25) is 0 Å². The molecule has 1 saturated heterocycles. The Hall–Kier alpha value is -1.20. The second-order valence-electron chi connectivity index (χ2n) is 7.72. The minimum Gasteiger partial charge on any atom is -0.365 e. The molecule has 1 atom stereocenters. The summed E-state index contributed by atoms with van der Waals surface area (Å²) in [5, 5.41) is 2.25. The molecule has 2 aliphatic heterocycles.